The van der Waals surface area contributed by atoms with Crippen LogP contribution in [0.4, 0.5) is 13.2 Å². The van der Waals surface area contributed by atoms with E-state index in [0.717, 1.165) is 32.4 Å². The van der Waals surface area contributed by atoms with Crippen molar-refractivity contribution in [3.8, 4) is 0 Å². The predicted octanol–water partition coefficient (Wildman–Crippen LogP) is 2.45. The van der Waals surface area contributed by atoms with Gasteiger partial charge in [-0.3, -0.25) is 0 Å². The molecule has 0 bridgehead atoms. The zero-order chi connectivity index (χ0) is 12.3. The normalized spacial score (nSPS) is 35.8. The van der Waals surface area contributed by atoms with Gasteiger partial charge >= 0.3 is 6.18 Å². The molecular formula is C12H21F3N2. The van der Waals surface area contributed by atoms with E-state index in [1.54, 1.807) is 0 Å². The van der Waals surface area contributed by atoms with Crippen molar-refractivity contribution < 1.29 is 13.2 Å². The van der Waals surface area contributed by atoms with E-state index >= 15 is 0 Å². The molecule has 17 heavy (non-hydrogen) atoms. The molecule has 0 amide bonds. The molecule has 1 aliphatic carbocycles. The first-order chi connectivity index (χ1) is 8.07. The van der Waals surface area contributed by atoms with E-state index in [-0.39, 0.29) is 12.1 Å². The third-order valence-corrected chi connectivity index (χ3v) is 3.93. The van der Waals surface area contributed by atoms with Gasteiger partial charge in [-0.1, -0.05) is 12.8 Å². The molecule has 5 heteroatoms. The van der Waals surface area contributed by atoms with Crippen LogP contribution in [0.3, 0.4) is 0 Å². The van der Waals surface area contributed by atoms with Crippen molar-refractivity contribution in [1.82, 2.24) is 10.6 Å². The molecule has 1 saturated heterocycles. The van der Waals surface area contributed by atoms with Crippen LogP contribution in [0.2, 0.25) is 0 Å². The molecule has 1 aliphatic heterocycles. The number of alkyl halides is 3. The Labute approximate surface area is 100 Å². The highest BCUT2D eigenvalue weighted by Gasteiger charge is 2.45. The first-order valence-corrected chi connectivity index (χ1v) is 6.61. The minimum atomic E-state index is -4.04. The predicted molar refractivity (Wildman–Crippen MR) is 60.8 cm³/mol. The first kappa shape index (κ1) is 13.1. The van der Waals surface area contributed by atoms with Gasteiger partial charge in [0.2, 0.25) is 0 Å². The van der Waals surface area contributed by atoms with Gasteiger partial charge in [0, 0.05) is 18.6 Å². The molecule has 1 heterocycles. The zero-order valence-corrected chi connectivity index (χ0v) is 10.0. The average Bonchev–Trinajstić information content (AvgIpc) is 2.30. The van der Waals surface area contributed by atoms with Crippen molar-refractivity contribution in [2.75, 3.05) is 13.1 Å². The number of hydrogen-bond acceptors (Lipinski definition) is 2. The first-order valence-electron chi connectivity index (χ1n) is 6.61. The van der Waals surface area contributed by atoms with Crippen LogP contribution in [0.15, 0.2) is 0 Å². The maximum atomic E-state index is 12.9. The Hall–Kier alpha value is -0.290. The van der Waals surface area contributed by atoms with E-state index in [1.807, 2.05) is 0 Å². The van der Waals surface area contributed by atoms with Gasteiger partial charge in [-0.2, -0.15) is 13.2 Å². The molecular weight excluding hydrogens is 229 g/mol. The van der Waals surface area contributed by atoms with Gasteiger partial charge in [0.05, 0.1) is 5.92 Å². The fourth-order valence-electron chi connectivity index (χ4n) is 3.02. The number of halogens is 3. The van der Waals surface area contributed by atoms with Gasteiger partial charge in [0.15, 0.2) is 0 Å². The monoisotopic (exact) mass is 250 g/mol. The lowest BCUT2D eigenvalue weighted by molar-refractivity contribution is -0.189. The van der Waals surface area contributed by atoms with Crippen LogP contribution in [-0.2, 0) is 0 Å². The molecule has 0 aromatic carbocycles. The quantitative estimate of drug-likeness (QED) is 0.786. The lowest BCUT2D eigenvalue weighted by Gasteiger charge is -2.37. The Morgan fingerprint density at radius 1 is 1.00 bits per heavy atom. The van der Waals surface area contributed by atoms with Gasteiger partial charge < -0.3 is 10.6 Å². The van der Waals surface area contributed by atoms with Crippen LogP contribution in [0.25, 0.3) is 0 Å². The Balaban J connectivity index is 1.91. The second kappa shape index (κ2) is 5.57. The summed E-state index contributed by atoms with van der Waals surface area (Å²) in [6.07, 6.45) is 0.604. The van der Waals surface area contributed by atoms with Crippen molar-refractivity contribution in [2.45, 2.75) is 56.8 Å². The third kappa shape index (κ3) is 3.58. The Morgan fingerprint density at radius 3 is 2.41 bits per heavy atom. The SMILES string of the molecule is FC(F)(F)C1CCCCC1NC1CCCNC1. The Bertz CT molecular complexity index is 236. The summed E-state index contributed by atoms with van der Waals surface area (Å²) in [5, 5.41) is 6.47. The highest BCUT2D eigenvalue weighted by molar-refractivity contribution is 4.89. The van der Waals surface area contributed by atoms with Gasteiger partial charge in [-0.05, 0) is 32.2 Å². The van der Waals surface area contributed by atoms with Crippen molar-refractivity contribution in [1.29, 1.82) is 0 Å². The summed E-state index contributed by atoms with van der Waals surface area (Å²) >= 11 is 0. The van der Waals surface area contributed by atoms with Crippen LogP contribution in [0.5, 0.6) is 0 Å². The van der Waals surface area contributed by atoms with Gasteiger partial charge in [-0.15, -0.1) is 0 Å². The molecule has 0 spiro atoms. The number of piperidine rings is 1. The fraction of sp³-hybridized carbons (Fsp3) is 1.00. The molecule has 1 saturated carbocycles. The topological polar surface area (TPSA) is 24.1 Å². The van der Waals surface area contributed by atoms with Gasteiger partial charge in [0.25, 0.3) is 0 Å². The molecule has 0 radical (unpaired) electrons. The second-order valence-corrected chi connectivity index (χ2v) is 5.25. The molecule has 3 unspecified atom stereocenters. The summed E-state index contributed by atoms with van der Waals surface area (Å²) in [4.78, 5) is 0. The van der Waals surface area contributed by atoms with E-state index in [0.29, 0.717) is 19.3 Å². The number of nitrogens with one attached hydrogen (secondary N) is 2. The fourth-order valence-corrected chi connectivity index (χ4v) is 3.02. The molecule has 3 atom stereocenters. The number of hydrogen-bond donors (Lipinski definition) is 2. The molecule has 2 rings (SSSR count). The lowest BCUT2D eigenvalue weighted by atomic mass is 9.83. The maximum Gasteiger partial charge on any atom is 0.393 e. The van der Waals surface area contributed by atoms with Crippen LogP contribution < -0.4 is 10.6 Å². The summed E-state index contributed by atoms with van der Waals surface area (Å²) in [6, 6.07) is -0.148. The Kier molecular flexibility index (Phi) is 4.31. The molecule has 2 nitrogen and oxygen atoms in total. The summed E-state index contributed by atoms with van der Waals surface area (Å²) < 4.78 is 38.7. The highest BCUT2D eigenvalue weighted by Crippen LogP contribution is 2.38. The second-order valence-electron chi connectivity index (χ2n) is 5.25. The van der Waals surface area contributed by atoms with Crippen LogP contribution >= 0.6 is 0 Å². The van der Waals surface area contributed by atoms with Gasteiger partial charge in [0.1, 0.15) is 0 Å². The van der Waals surface area contributed by atoms with Gasteiger partial charge in [-0.25, -0.2) is 0 Å². The molecule has 2 fully saturated rings. The molecule has 2 N–H and O–H groups in total. The van der Waals surface area contributed by atoms with Crippen molar-refractivity contribution >= 4 is 0 Å². The lowest BCUT2D eigenvalue weighted by Crippen LogP contribution is -2.53. The largest absolute Gasteiger partial charge is 0.393 e. The van der Waals surface area contributed by atoms with Crippen molar-refractivity contribution in [3.05, 3.63) is 0 Å². The Morgan fingerprint density at radius 2 is 1.76 bits per heavy atom. The minimum absolute atomic E-state index is 0.219. The summed E-state index contributed by atoms with van der Waals surface area (Å²) in [5.41, 5.74) is 0. The highest BCUT2D eigenvalue weighted by atomic mass is 19.4. The van der Waals surface area contributed by atoms with E-state index in [2.05, 4.69) is 10.6 Å². The molecule has 2 aliphatic rings. The third-order valence-electron chi connectivity index (χ3n) is 3.93. The summed E-state index contributed by atoms with van der Waals surface area (Å²) in [6.45, 7) is 1.80. The zero-order valence-electron chi connectivity index (χ0n) is 10.0. The van der Waals surface area contributed by atoms with E-state index in [9.17, 15) is 13.2 Å². The van der Waals surface area contributed by atoms with Crippen molar-refractivity contribution in [3.63, 3.8) is 0 Å². The molecule has 0 aromatic rings. The summed E-state index contributed by atoms with van der Waals surface area (Å²) in [5.74, 6) is -1.14. The summed E-state index contributed by atoms with van der Waals surface area (Å²) in [7, 11) is 0. The number of rotatable bonds is 2. The smallest absolute Gasteiger partial charge is 0.315 e. The van der Waals surface area contributed by atoms with E-state index in [1.165, 1.54) is 0 Å². The van der Waals surface area contributed by atoms with E-state index in [4.69, 9.17) is 0 Å². The minimum Gasteiger partial charge on any atom is -0.315 e. The molecule has 0 aromatic heterocycles. The average molecular weight is 250 g/mol. The van der Waals surface area contributed by atoms with Crippen LogP contribution in [0, 0.1) is 5.92 Å². The van der Waals surface area contributed by atoms with Crippen LogP contribution in [0.1, 0.15) is 38.5 Å². The van der Waals surface area contributed by atoms with Crippen LogP contribution in [-0.4, -0.2) is 31.3 Å². The maximum absolute atomic E-state index is 12.9. The van der Waals surface area contributed by atoms with E-state index < -0.39 is 12.1 Å². The standard InChI is InChI=1S/C12H21F3N2/c13-12(14,15)10-5-1-2-6-11(10)17-9-4-3-7-16-8-9/h9-11,16-17H,1-8H2. The van der Waals surface area contributed by atoms with Crippen molar-refractivity contribution in [2.24, 2.45) is 5.92 Å². The molecule has 100 valence electrons.